The van der Waals surface area contributed by atoms with Gasteiger partial charge in [0.1, 0.15) is 0 Å². The molecule has 0 spiro atoms. The molecule has 0 radical (unpaired) electrons. The average Bonchev–Trinajstić information content (AvgIpc) is 3.49. The highest BCUT2D eigenvalue weighted by Crippen LogP contribution is 2.19. The van der Waals surface area contributed by atoms with Crippen LogP contribution in [0.5, 0.6) is 0 Å². The lowest BCUT2D eigenvalue weighted by molar-refractivity contribution is -0.120. The number of carbonyl (C=O) groups is 2. The third kappa shape index (κ3) is 5.45. The van der Waals surface area contributed by atoms with Crippen LogP contribution in [0.4, 0.5) is 0 Å². The van der Waals surface area contributed by atoms with E-state index in [1.165, 1.54) is 0 Å². The van der Waals surface area contributed by atoms with Gasteiger partial charge in [-0.15, -0.1) is 0 Å². The molecule has 0 saturated carbocycles. The normalized spacial score (nSPS) is 10.6. The summed E-state index contributed by atoms with van der Waals surface area (Å²) in [5.41, 5.74) is 3.03. The second-order valence-electron chi connectivity index (χ2n) is 6.96. The van der Waals surface area contributed by atoms with Gasteiger partial charge in [-0.1, -0.05) is 59.8 Å². The highest BCUT2D eigenvalue weighted by atomic mass is 16.5. The predicted molar refractivity (Wildman–Crippen MR) is 114 cm³/mol. The second kappa shape index (κ2) is 9.53. The highest BCUT2D eigenvalue weighted by molar-refractivity contribution is 5.95. The Morgan fingerprint density at radius 3 is 2.61 bits per heavy atom. The molecule has 0 saturated heterocycles. The first-order valence-corrected chi connectivity index (χ1v) is 9.78. The van der Waals surface area contributed by atoms with Crippen LogP contribution in [0.1, 0.15) is 21.6 Å². The number of nitrogens with zero attached hydrogens (tertiary/aromatic N) is 3. The van der Waals surface area contributed by atoms with Crippen LogP contribution in [-0.4, -0.2) is 33.1 Å². The van der Waals surface area contributed by atoms with Gasteiger partial charge >= 0.3 is 0 Å². The first-order valence-electron chi connectivity index (χ1n) is 9.78. The van der Waals surface area contributed by atoms with Crippen molar-refractivity contribution in [2.45, 2.75) is 13.1 Å². The van der Waals surface area contributed by atoms with Crippen molar-refractivity contribution in [2.24, 2.45) is 0 Å². The molecular formula is C23H21N5O3. The first kappa shape index (κ1) is 20.1. The Morgan fingerprint density at radius 1 is 0.968 bits per heavy atom. The van der Waals surface area contributed by atoms with Crippen molar-refractivity contribution in [2.75, 3.05) is 6.54 Å². The van der Waals surface area contributed by atoms with E-state index in [1.807, 2.05) is 65.4 Å². The van der Waals surface area contributed by atoms with Gasteiger partial charge in [-0.2, -0.15) is 0 Å². The summed E-state index contributed by atoms with van der Waals surface area (Å²) in [6.45, 7) is 0.927. The molecule has 0 aliphatic heterocycles. The van der Waals surface area contributed by atoms with E-state index in [1.54, 1.807) is 18.6 Å². The van der Waals surface area contributed by atoms with E-state index in [9.17, 15) is 9.59 Å². The molecule has 4 aromatic rings. The van der Waals surface area contributed by atoms with Crippen LogP contribution < -0.4 is 10.6 Å². The van der Waals surface area contributed by atoms with E-state index in [0.29, 0.717) is 18.8 Å². The molecule has 2 aromatic heterocycles. The van der Waals surface area contributed by atoms with Gasteiger partial charge in [-0.25, -0.2) is 4.98 Å². The lowest BCUT2D eigenvalue weighted by Crippen LogP contribution is -2.36. The molecule has 31 heavy (non-hydrogen) atoms. The first-order chi connectivity index (χ1) is 15.2. The number of hydrogen-bond donors (Lipinski definition) is 2. The maximum absolute atomic E-state index is 12.2. The summed E-state index contributed by atoms with van der Waals surface area (Å²) in [4.78, 5) is 28.4. The third-order valence-corrected chi connectivity index (χ3v) is 4.62. The lowest BCUT2D eigenvalue weighted by atomic mass is 10.1. The van der Waals surface area contributed by atoms with Gasteiger partial charge in [0.15, 0.2) is 11.5 Å². The van der Waals surface area contributed by atoms with Gasteiger partial charge < -0.3 is 19.7 Å². The minimum absolute atomic E-state index is 0.124. The Hall–Kier alpha value is -4.20. The molecule has 0 unspecified atom stereocenters. The molecule has 2 heterocycles. The maximum atomic E-state index is 12.2. The summed E-state index contributed by atoms with van der Waals surface area (Å²) in [6, 6.07) is 18.8. The predicted octanol–water partition coefficient (Wildman–Crippen LogP) is 2.63. The number of amides is 2. The van der Waals surface area contributed by atoms with Crippen molar-refractivity contribution >= 4 is 11.8 Å². The Bertz CT molecular complexity index is 1150. The van der Waals surface area contributed by atoms with E-state index in [-0.39, 0.29) is 18.1 Å². The summed E-state index contributed by atoms with van der Waals surface area (Å²) >= 11 is 0. The van der Waals surface area contributed by atoms with E-state index in [2.05, 4.69) is 20.8 Å². The third-order valence-electron chi connectivity index (χ3n) is 4.62. The number of carbonyl (C=O) groups excluding carboxylic acids is 2. The van der Waals surface area contributed by atoms with Gasteiger partial charge in [0.05, 0.1) is 12.9 Å². The summed E-state index contributed by atoms with van der Waals surface area (Å²) in [5, 5.41) is 9.14. The molecule has 2 aromatic carbocycles. The topological polar surface area (TPSA) is 102 Å². The smallest absolute Gasteiger partial charge is 0.273 e. The fraction of sp³-hybridized carbons (Fsp3) is 0.130. The molecule has 8 heteroatoms. The fourth-order valence-corrected chi connectivity index (χ4v) is 3.06. The number of aromatic nitrogens is 3. The molecule has 2 N–H and O–H groups in total. The van der Waals surface area contributed by atoms with Gasteiger partial charge in [-0.05, 0) is 11.1 Å². The van der Waals surface area contributed by atoms with Crippen molar-refractivity contribution in [1.29, 1.82) is 0 Å². The van der Waals surface area contributed by atoms with Crippen molar-refractivity contribution in [3.63, 3.8) is 0 Å². The van der Waals surface area contributed by atoms with Crippen molar-refractivity contribution in [1.82, 2.24) is 25.3 Å². The summed E-state index contributed by atoms with van der Waals surface area (Å²) in [6.07, 6.45) is 5.39. The lowest BCUT2D eigenvalue weighted by Gasteiger charge is -2.08. The monoisotopic (exact) mass is 415 g/mol. The molecular weight excluding hydrogens is 394 g/mol. The van der Waals surface area contributed by atoms with Crippen LogP contribution in [-0.2, 0) is 17.9 Å². The zero-order chi connectivity index (χ0) is 21.5. The molecule has 0 bridgehead atoms. The summed E-state index contributed by atoms with van der Waals surface area (Å²) in [5.74, 6) is -0.269. The highest BCUT2D eigenvalue weighted by Gasteiger charge is 2.14. The Kier molecular flexibility index (Phi) is 6.18. The average molecular weight is 415 g/mol. The van der Waals surface area contributed by atoms with E-state index < -0.39 is 5.91 Å². The molecule has 0 aliphatic carbocycles. The standard InChI is InChI=1S/C23H21N5O3/c29-22(25-13-17-5-4-6-18(11-17)15-28-10-9-24-16-28)14-26-23(30)20-12-21(31-27-20)19-7-2-1-3-8-19/h1-12,16H,13-15H2,(H,25,29)(H,26,30). The van der Waals surface area contributed by atoms with Crippen molar-refractivity contribution in [3.8, 4) is 11.3 Å². The van der Waals surface area contributed by atoms with Gasteiger partial charge in [0, 0.05) is 37.1 Å². The number of hydrogen-bond acceptors (Lipinski definition) is 5. The molecule has 2 amide bonds. The second-order valence-corrected chi connectivity index (χ2v) is 6.96. The molecule has 0 aliphatic rings. The van der Waals surface area contributed by atoms with E-state index in [4.69, 9.17) is 4.52 Å². The molecule has 0 atom stereocenters. The zero-order valence-corrected chi connectivity index (χ0v) is 16.7. The number of nitrogens with one attached hydrogen (secondary N) is 2. The Balaban J connectivity index is 1.25. The number of rotatable bonds is 8. The van der Waals surface area contributed by atoms with Crippen LogP contribution in [0.15, 0.2) is 83.9 Å². The van der Waals surface area contributed by atoms with Crippen LogP contribution in [0, 0.1) is 0 Å². The van der Waals surface area contributed by atoms with E-state index in [0.717, 1.165) is 16.7 Å². The summed E-state index contributed by atoms with van der Waals surface area (Å²) in [7, 11) is 0. The molecule has 0 fully saturated rings. The minimum Gasteiger partial charge on any atom is -0.355 e. The Morgan fingerprint density at radius 2 is 1.81 bits per heavy atom. The minimum atomic E-state index is -0.469. The number of imidazole rings is 1. The maximum Gasteiger partial charge on any atom is 0.273 e. The zero-order valence-electron chi connectivity index (χ0n) is 16.7. The van der Waals surface area contributed by atoms with Crippen molar-refractivity contribution in [3.05, 3.63) is 96.2 Å². The van der Waals surface area contributed by atoms with Crippen LogP contribution in [0.25, 0.3) is 11.3 Å². The van der Waals surface area contributed by atoms with E-state index >= 15 is 0 Å². The largest absolute Gasteiger partial charge is 0.355 e. The molecule has 8 nitrogen and oxygen atoms in total. The van der Waals surface area contributed by atoms with Crippen LogP contribution in [0.3, 0.4) is 0 Å². The van der Waals surface area contributed by atoms with Crippen LogP contribution in [0.2, 0.25) is 0 Å². The molecule has 156 valence electrons. The van der Waals surface area contributed by atoms with Gasteiger partial charge in [-0.3, -0.25) is 9.59 Å². The van der Waals surface area contributed by atoms with Gasteiger partial charge in [0.25, 0.3) is 5.91 Å². The number of benzene rings is 2. The SMILES string of the molecule is O=C(CNC(=O)c1cc(-c2ccccc2)on1)NCc1cccc(Cn2ccnc2)c1. The molecule has 4 rings (SSSR count). The van der Waals surface area contributed by atoms with Crippen molar-refractivity contribution < 1.29 is 14.1 Å². The fourth-order valence-electron chi connectivity index (χ4n) is 3.06. The quantitative estimate of drug-likeness (QED) is 0.461. The Labute approximate surface area is 178 Å². The summed E-state index contributed by atoms with van der Waals surface area (Å²) < 4.78 is 7.19. The van der Waals surface area contributed by atoms with Crippen LogP contribution >= 0.6 is 0 Å². The van der Waals surface area contributed by atoms with Gasteiger partial charge in [0.2, 0.25) is 5.91 Å².